The largest absolute Gasteiger partial charge is 0.492 e. The molecule has 3 aromatic rings. The molecule has 0 radical (unpaired) electrons. The minimum atomic E-state index is -0.327. The Morgan fingerprint density at radius 2 is 1.55 bits per heavy atom. The number of methoxy groups -OCH3 is 3. The second-order valence-electron chi connectivity index (χ2n) is 7.41. The molecule has 0 fully saturated rings. The molecule has 0 aliphatic heterocycles. The molecule has 174 valence electrons. The van der Waals surface area contributed by atoms with E-state index in [1.807, 2.05) is 61.5 Å². The van der Waals surface area contributed by atoms with E-state index in [1.54, 1.807) is 6.07 Å². The van der Waals surface area contributed by atoms with E-state index in [0.29, 0.717) is 23.8 Å². The minimum absolute atomic E-state index is 0.212. The highest BCUT2D eigenvalue weighted by atomic mass is 16.5. The summed E-state index contributed by atoms with van der Waals surface area (Å²) < 4.78 is 22.7. The number of benzene rings is 3. The molecule has 7 heteroatoms. The van der Waals surface area contributed by atoms with Crippen LogP contribution in [0.3, 0.4) is 0 Å². The van der Waals surface area contributed by atoms with E-state index >= 15 is 0 Å². The Morgan fingerprint density at radius 3 is 2.12 bits per heavy atom. The summed E-state index contributed by atoms with van der Waals surface area (Å²) in [5.74, 6) is 1.46. The van der Waals surface area contributed by atoms with Crippen molar-refractivity contribution in [2.75, 3.05) is 27.9 Å². The average molecular weight is 451 g/mol. The highest BCUT2D eigenvalue weighted by Gasteiger charge is 2.26. The first-order valence-corrected chi connectivity index (χ1v) is 10.7. The number of ether oxygens (including phenoxy) is 4. The first-order chi connectivity index (χ1) is 16.0. The summed E-state index contributed by atoms with van der Waals surface area (Å²) in [5.41, 5.74) is 7.99. The molecule has 33 heavy (non-hydrogen) atoms. The number of carbonyl (C=O) groups is 1. The number of hydrogen-bond donors (Lipinski definition) is 2. The van der Waals surface area contributed by atoms with Gasteiger partial charge in [-0.05, 0) is 43.1 Å². The maximum atomic E-state index is 13.2. The molecule has 0 aliphatic rings. The van der Waals surface area contributed by atoms with E-state index in [1.165, 1.54) is 21.3 Å². The van der Waals surface area contributed by atoms with Crippen LogP contribution in [0, 0.1) is 0 Å². The van der Waals surface area contributed by atoms with Gasteiger partial charge in [0.15, 0.2) is 11.5 Å². The van der Waals surface area contributed by atoms with E-state index in [9.17, 15) is 4.79 Å². The van der Waals surface area contributed by atoms with Crippen LogP contribution in [0.15, 0.2) is 60.7 Å². The Labute approximate surface area is 194 Å². The van der Waals surface area contributed by atoms with Crippen LogP contribution in [0.2, 0.25) is 0 Å². The van der Waals surface area contributed by atoms with Crippen molar-refractivity contribution >= 4 is 5.91 Å². The molecule has 0 aliphatic carbocycles. The summed E-state index contributed by atoms with van der Waals surface area (Å²) in [5, 5.41) is 3.01. The van der Waals surface area contributed by atoms with Gasteiger partial charge in [-0.1, -0.05) is 42.5 Å². The lowest BCUT2D eigenvalue weighted by Gasteiger charge is -2.20. The van der Waals surface area contributed by atoms with Crippen LogP contribution in [-0.4, -0.2) is 33.8 Å². The first kappa shape index (κ1) is 23.9. The zero-order valence-electron chi connectivity index (χ0n) is 19.4. The molecule has 0 heterocycles. The van der Waals surface area contributed by atoms with Crippen LogP contribution in [0.4, 0.5) is 0 Å². The van der Waals surface area contributed by atoms with Gasteiger partial charge in [0, 0.05) is 6.07 Å². The van der Waals surface area contributed by atoms with E-state index in [-0.39, 0.29) is 29.0 Å². The summed E-state index contributed by atoms with van der Waals surface area (Å²) >= 11 is 0. The fourth-order valence-corrected chi connectivity index (χ4v) is 3.54. The summed E-state index contributed by atoms with van der Waals surface area (Å²) in [6, 6.07) is 18.7. The lowest BCUT2D eigenvalue weighted by molar-refractivity contribution is 0.0935. The minimum Gasteiger partial charge on any atom is -0.492 e. The van der Waals surface area contributed by atoms with Gasteiger partial charge in [-0.25, -0.2) is 0 Å². The molecular formula is C26H30N2O5. The van der Waals surface area contributed by atoms with Crippen LogP contribution >= 0.6 is 0 Å². The van der Waals surface area contributed by atoms with Crippen LogP contribution in [0.25, 0.3) is 0 Å². The number of carbonyl (C=O) groups excluding carboxylic acids is 1. The molecular weight excluding hydrogens is 420 g/mol. The molecule has 3 rings (SSSR count). The quantitative estimate of drug-likeness (QED) is 0.473. The van der Waals surface area contributed by atoms with Gasteiger partial charge in [-0.15, -0.1) is 0 Å². The van der Waals surface area contributed by atoms with Crippen LogP contribution in [-0.2, 0) is 6.42 Å². The second-order valence-corrected chi connectivity index (χ2v) is 7.41. The molecule has 0 unspecified atom stereocenters. The van der Waals surface area contributed by atoms with Crippen molar-refractivity contribution in [3.63, 3.8) is 0 Å². The van der Waals surface area contributed by atoms with Gasteiger partial charge in [0.05, 0.1) is 32.9 Å². The van der Waals surface area contributed by atoms with Gasteiger partial charge in [0.2, 0.25) is 11.5 Å². The van der Waals surface area contributed by atoms with Crippen molar-refractivity contribution in [1.82, 2.24) is 5.32 Å². The lowest BCUT2D eigenvalue weighted by Crippen LogP contribution is -2.27. The molecule has 0 saturated carbocycles. The monoisotopic (exact) mass is 450 g/mol. The van der Waals surface area contributed by atoms with Crippen LogP contribution in [0.1, 0.15) is 34.5 Å². The number of nitrogens with one attached hydrogen (secondary N) is 1. The van der Waals surface area contributed by atoms with Crippen molar-refractivity contribution in [3.05, 3.63) is 77.4 Å². The van der Waals surface area contributed by atoms with E-state index in [0.717, 1.165) is 17.5 Å². The van der Waals surface area contributed by atoms with Gasteiger partial charge in [-0.2, -0.15) is 0 Å². The number of rotatable bonds is 10. The Hall–Kier alpha value is -3.71. The van der Waals surface area contributed by atoms with E-state index in [2.05, 4.69) is 5.32 Å². The van der Waals surface area contributed by atoms with Gasteiger partial charge < -0.3 is 30.0 Å². The molecule has 7 nitrogen and oxygen atoms in total. The van der Waals surface area contributed by atoms with E-state index in [4.69, 9.17) is 24.7 Å². The molecule has 0 bridgehead atoms. The Kier molecular flexibility index (Phi) is 8.16. The Balaban J connectivity index is 1.97. The highest BCUT2D eigenvalue weighted by molar-refractivity contribution is 5.99. The third-order valence-corrected chi connectivity index (χ3v) is 5.24. The topological polar surface area (TPSA) is 92.0 Å². The second kappa shape index (κ2) is 11.2. The van der Waals surface area contributed by atoms with Gasteiger partial charge in [-0.3, -0.25) is 4.79 Å². The van der Waals surface area contributed by atoms with Gasteiger partial charge >= 0.3 is 0 Å². The highest BCUT2D eigenvalue weighted by Crippen LogP contribution is 2.48. The number of amides is 1. The predicted octanol–water partition coefficient (Wildman–Crippen LogP) is 4.50. The Morgan fingerprint density at radius 1 is 0.909 bits per heavy atom. The lowest BCUT2D eigenvalue weighted by atomic mass is 10.1. The summed E-state index contributed by atoms with van der Waals surface area (Å²) in [6.07, 6.45) is 0.782. The van der Waals surface area contributed by atoms with Gasteiger partial charge in [0.1, 0.15) is 5.75 Å². The summed E-state index contributed by atoms with van der Waals surface area (Å²) in [7, 11) is 4.47. The van der Waals surface area contributed by atoms with Crippen molar-refractivity contribution in [2.45, 2.75) is 19.4 Å². The van der Waals surface area contributed by atoms with Gasteiger partial charge in [0.25, 0.3) is 5.91 Å². The fraction of sp³-hybridized carbons (Fsp3) is 0.269. The maximum Gasteiger partial charge on any atom is 0.255 e. The third kappa shape index (κ3) is 5.56. The fourth-order valence-electron chi connectivity index (χ4n) is 3.54. The molecule has 0 spiro atoms. The normalized spacial score (nSPS) is 11.4. The smallest absolute Gasteiger partial charge is 0.255 e. The summed E-state index contributed by atoms with van der Waals surface area (Å²) in [4.78, 5) is 13.2. The van der Waals surface area contributed by atoms with E-state index < -0.39 is 0 Å². The van der Waals surface area contributed by atoms with Crippen LogP contribution in [0.5, 0.6) is 28.7 Å². The molecule has 0 saturated heterocycles. The number of nitrogens with two attached hydrogens (primary N) is 1. The molecule has 1 atom stereocenters. The molecule has 0 aromatic heterocycles. The summed E-state index contributed by atoms with van der Waals surface area (Å²) in [6.45, 7) is 2.49. The molecule has 3 N–H and O–H groups in total. The van der Waals surface area contributed by atoms with Crippen molar-refractivity contribution in [2.24, 2.45) is 5.73 Å². The molecule has 3 aromatic carbocycles. The first-order valence-electron chi connectivity index (χ1n) is 10.7. The van der Waals surface area contributed by atoms with Crippen molar-refractivity contribution in [3.8, 4) is 28.7 Å². The number of hydrogen-bond acceptors (Lipinski definition) is 6. The maximum absolute atomic E-state index is 13.2. The SMILES string of the molecule is COc1c(Oc2ccc(CCN)cc2)cc(C(=O)N[C@H](C)c2ccccc2)c(OC)c1OC. The van der Waals surface area contributed by atoms with Crippen molar-refractivity contribution in [1.29, 1.82) is 0 Å². The average Bonchev–Trinajstić information content (AvgIpc) is 2.84. The van der Waals surface area contributed by atoms with Crippen LogP contribution < -0.4 is 30.0 Å². The third-order valence-electron chi connectivity index (χ3n) is 5.24. The standard InChI is InChI=1S/C26H30N2O5/c1-17(19-8-6-5-7-9-19)28-26(29)21-16-22(24(31-3)25(32-4)23(21)30-2)33-20-12-10-18(11-13-20)14-15-27/h5-13,16-17H,14-15,27H2,1-4H3,(H,28,29)/t17-/m1/s1. The predicted molar refractivity (Wildman–Crippen MR) is 128 cm³/mol. The Bertz CT molecular complexity index is 1070. The zero-order valence-corrected chi connectivity index (χ0v) is 19.4. The van der Waals surface area contributed by atoms with Crippen molar-refractivity contribution < 1.29 is 23.7 Å². The zero-order chi connectivity index (χ0) is 23.8. The molecule has 1 amide bonds.